The number of hydrogen-bond acceptors (Lipinski definition) is 3. The van der Waals surface area contributed by atoms with E-state index in [0.717, 1.165) is 12.0 Å². The highest BCUT2D eigenvalue weighted by Crippen LogP contribution is 2.03. The first kappa shape index (κ1) is 12.7. The van der Waals surface area contributed by atoms with Crippen LogP contribution in [-0.2, 0) is 9.53 Å². The van der Waals surface area contributed by atoms with E-state index in [-0.39, 0.29) is 5.97 Å². The number of carbonyl (C=O) groups excluding carboxylic acids is 1. The van der Waals surface area contributed by atoms with Crippen molar-refractivity contribution in [2.45, 2.75) is 13.3 Å². The van der Waals surface area contributed by atoms with Crippen LogP contribution in [-0.4, -0.2) is 19.6 Å². The summed E-state index contributed by atoms with van der Waals surface area (Å²) in [5.41, 5.74) is 6.97. The molecule has 0 saturated carbocycles. The number of methoxy groups -OCH3 is 1. The highest BCUT2D eigenvalue weighted by atomic mass is 16.5. The Morgan fingerprint density at radius 3 is 2.57 bits per heavy atom. The lowest BCUT2D eigenvalue weighted by Gasteiger charge is -1.98. The fourth-order valence-electron chi connectivity index (χ4n) is 0.881. The molecule has 2 N–H and O–H groups in total. The van der Waals surface area contributed by atoms with Crippen LogP contribution in [0.4, 0.5) is 0 Å². The molecular weight excluding hydrogens is 178 g/mol. The van der Waals surface area contributed by atoms with E-state index in [1.807, 2.05) is 6.08 Å². The fraction of sp³-hybridized carbons (Fsp3) is 0.364. The van der Waals surface area contributed by atoms with Crippen molar-refractivity contribution in [3.8, 4) is 0 Å². The van der Waals surface area contributed by atoms with Crippen molar-refractivity contribution in [1.82, 2.24) is 0 Å². The average molecular weight is 195 g/mol. The van der Waals surface area contributed by atoms with Crippen LogP contribution in [0.25, 0.3) is 0 Å². The molecule has 0 aliphatic heterocycles. The first-order valence-corrected chi connectivity index (χ1v) is 4.44. The van der Waals surface area contributed by atoms with Crippen molar-refractivity contribution in [3.63, 3.8) is 0 Å². The van der Waals surface area contributed by atoms with E-state index >= 15 is 0 Å². The number of ether oxygens (including phenoxy) is 1. The normalized spacial score (nSPS) is 12.5. The third kappa shape index (κ3) is 4.62. The molecule has 0 radical (unpaired) electrons. The molecule has 0 amide bonds. The molecule has 0 aliphatic rings. The van der Waals surface area contributed by atoms with Crippen LogP contribution in [0.2, 0.25) is 0 Å². The molecular formula is C11H17NO2. The van der Waals surface area contributed by atoms with Gasteiger partial charge >= 0.3 is 5.97 Å². The Morgan fingerprint density at radius 1 is 1.50 bits per heavy atom. The molecule has 78 valence electrons. The van der Waals surface area contributed by atoms with Gasteiger partial charge in [-0.3, -0.25) is 0 Å². The van der Waals surface area contributed by atoms with E-state index in [2.05, 4.69) is 11.3 Å². The summed E-state index contributed by atoms with van der Waals surface area (Å²) in [4.78, 5) is 11.0. The number of rotatable bonds is 5. The maximum absolute atomic E-state index is 11.0. The summed E-state index contributed by atoms with van der Waals surface area (Å²) in [5, 5.41) is 0. The summed E-state index contributed by atoms with van der Waals surface area (Å²) >= 11 is 0. The molecule has 0 rings (SSSR count). The van der Waals surface area contributed by atoms with Crippen LogP contribution in [0.1, 0.15) is 13.3 Å². The molecule has 0 aromatic carbocycles. The van der Waals surface area contributed by atoms with Crippen LogP contribution < -0.4 is 5.73 Å². The zero-order valence-electron chi connectivity index (χ0n) is 8.75. The van der Waals surface area contributed by atoms with Gasteiger partial charge in [0.05, 0.1) is 7.11 Å². The monoisotopic (exact) mass is 195 g/mol. The number of allylic oxidation sites excluding steroid dienone is 3. The fourth-order valence-corrected chi connectivity index (χ4v) is 0.881. The van der Waals surface area contributed by atoms with E-state index in [0.29, 0.717) is 12.1 Å². The third-order valence-corrected chi connectivity index (χ3v) is 1.75. The minimum Gasteiger partial charge on any atom is -0.466 e. The average Bonchev–Trinajstić information content (AvgIpc) is 2.22. The number of esters is 1. The van der Waals surface area contributed by atoms with Crippen molar-refractivity contribution >= 4 is 5.97 Å². The first-order chi connectivity index (χ1) is 6.65. The van der Waals surface area contributed by atoms with E-state index in [4.69, 9.17) is 5.73 Å². The molecule has 0 heterocycles. The van der Waals surface area contributed by atoms with Crippen molar-refractivity contribution in [2.75, 3.05) is 13.7 Å². The van der Waals surface area contributed by atoms with Crippen LogP contribution in [0.5, 0.6) is 0 Å². The molecule has 14 heavy (non-hydrogen) atoms. The zero-order valence-corrected chi connectivity index (χ0v) is 8.75. The standard InChI is InChI=1S/C11H17NO2/c1-4-10(7-8-12)6-5-9(2)11(13)14-3/h4-6H,1,7-8,12H2,2-3H3/b9-5+,10-6+. The number of hydrogen-bond donors (Lipinski definition) is 1. The Morgan fingerprint density at radius 2 is 2.14 bits per heavy atom. The van der Waals surface area contributed by atoms with Gasteiger partial charge < -0.3 is 10.5 Å². The smallest absolute Gasteiger partial charge is 0.333 e. The van der Waals surface area contributed by atoms with Crippen molar-refractivity contribution in [1.29, 1.82) is 0 Å². The highest BCUT2D eigenvalue weighted by Gasteiger charge is 2.00. The Labute approximate surface area is 84.9 Å². The van der Waals surface area contributed by atoms with Gasteiger partial charge in [0.2, 0.25) is 0 Å². The first-order valence-electron chi connectivity index (χ1n) is 4.44. The van der Waals surface area contributed by atoms with Crippen LogP contribution in [0.15, 0.2) is 36.0 Å². The SMILES string of the molecule is C=C/C(=C\C=C(/C)C(=O)OC)CCN. The topological polar surface area (TPSA) is 52.3 Å². The second-order valence-electron chi connectivity index (χ2n) is 2.83. The van der Waals surface area contributed by atoms with Crippen molar-refractivity contribution in [2.24, 2.45) is 5.73 Å². The van der Waals surface area contributed by atoms with E-state index in [1.54, 1.807) is 19.1 Å². The Hall–Kier alpha value is -1.35. The maximum Gasteiger partial charge on any atom is 0.333 e. The summed E-state index contributed by atoms with van der Waals surface area (Å²) in [5.74, 6) is -0.322. The van der Waals surface area contributed by atoms with E-state index in [9.17, 15) is 4.79 Å². The van der Waals surface area contributed by atoms with E-state index in [1.165, 1.54) is 7.11 Å². The molecule has 3 heteroatoms. The predicted molar refractivity (Wildman–Crippen MR) is 57.7 cm³/mol. The summed E-state index contributed by atoms with van der Waals surface area (Å²) in [6.45, 7) is 5.93. The molecule has 0 aromatic rings. The van der Waals surface area contributed by atoms with Gasteiger partial charge in [0, 0.05) is 5.57 Å². The molecule has 0 saturated heterocycles. The molecule has 0 aromatic heterocycles. The molecule has 0 fully saturated rings. The van der Waals surface area contributed by atoms with Crippen LogP contribution in [0.3, 0.4) is 0 Å². The molecule has 0 spiro atoms. The Bertz CT molecular complexity index is 258. The van der Waals surface area contributed by atoms with Gasteiger partial charge in [0.15, 0.2) is 0 Å². The largest absolute Gasteiger partial charge is 0.466 e. The van der Waals surface area contributed by atoms with Gasteiger partial charge in [-0.2, -0.15) is 0 Å². The van der Waals surface area contributed by atoms with Crippen LogP contribution in [0, 0.1) is 0 Å². The number of carbonyl (C=O) groups is 1. The Kier molecular flexibility index (Phi) is 6.41. The lowest BCUT2D eigenvalue weighted by Crippen LogP contribution is -2.01. The van der Waals surface area contributed by atoms with Crippen molar-refractivity contribution in [3.05, 3.63) is 36.0 Å². The second kappa shape index (κ2) is 7.09. The lowest BCUT2D eigenvalue weighted by molar-refractivity contribution is -0.136. The van der Waals surface area contributed by atoms with Gasteiger partial charge in [-0.15, -0.1) is 0 Å². The molecule has 0 atom stereocenters. The predicted octanol–water partition coefficient (Wildman–Crippen LogP) is 1.57. The molecule has 0 bridgehead atoms. The second-order valence-corrected chi connectivity index (χ2v) is 2.83. The maximum atomic E-state index is 11.0. The van der Waals surface area contributed by atoms with Crippen LogP contribution >= 0.6 is 0 Å². The van der Waals surface area contributed by atoms with E-state index < -0.39 is 0 Å². The lowest BCUT2D eigenvalue weighted by atomic mass is 10.1. The zero-order chi connectivity index (χ0) is 11.0. The summed E-state index contributed by atoms with van der Waals surface area (Å²) in [7, 11) is 1.36. The van der Waals surface area contributed by atoms with Gasteiger partial charge in [-0.1, -0.05) is 24.8 Å². The Balaban J connectivity index is 4.48. The number of nitrogens with two attached hydrogens (primary N) is 1. The summed E-state index contributed by atoms with van der Waals surface area (Å²) in [6, 6.07) is 0. The molecule has 0 unspecified atom stereocenters. The van der Waals surface area contributed by atoms with Gasteiger partial charge in [-0.05, 0) is 25.5 Å². The van der Waals surface area contributed by atoms with Gasteiger partial charge in [-0.25, -0.2) is 4.79 Å². The van der Waals surface area contributed by atoms with Gasteiger partial charge in [0.1, 0.15) is 0 Å². The van der Waals surface area contributed by atoms with Gasteiger partial charge in [0.25, 0.3) is 0 Å². The molecule has 0 aliphatic carbocycles. The minimum absolute atomic E-state index is 0.322. The minimum atomic E-state index is -0.322. The third-order valence-electron chi connectivity index (χ3n) is 1.75. The highest BCUT2D eigenvalue weighted by molar-refractivity contribution is 5.87. The summed E-state index contributed by atoms with van der Waals surface area (Å²) in [6.07, 6.45) is 6.02. The van der Waals surface area contributed by atoms with Crippen molar-refractivity contribution < 1.29 is 9.53 Å². The quantitative estimate of drug-likeness (QED) is 0.411. The summed E-state index contributed by atoms with van der Waals surface area (Å²) < 4.78 is 4.55. The molecule has 3 nitrogen and oxygen atoms in total.